The number of hydrogen-bond donors (Lipinski definition) is 1. The molecule has 1 aliphatic rings. The molecule has 1 radical (unpaired) electrons. The van der Waals surface area contributed by atoms with Gasteiger partial charge >= 0.3 is 0 Å². The maximum absolute atomic E-state index is 10.4. The monoisotopic (exact) mass is 186 g/mol. The van der Waals surface area contributed by atoms with Gasteiger partial charge in [-0.25, -0.2) is 5.11 Å². The zero-order valence-corrected chi connectivity index (χ0v) is 9.14. The Morgan fingerprint density at radius 3 is 2.08 bits per heavy atom. The van der Waals surface area contributed by atoms with E-state index in [1.54, 1.807) is 0 Å². The third-order valence-electron chi connectivity index (χ3n) is 2.49. The Morgan fingerprint density at radius 1 is 1.31 bits per heavy atom. The van der Waals surface area contributed by atoms with Gasteiger partial charge in [0.25, 0.3) is 0 Å². The molecule has 13 heavy (non-hydrogen) atoms. The van der Waals surface area contributed by atoms with E-state index in [-0.39, 0.29) is 6.61 Å². The lowest BCUT2D eigenvalue weighted by molar-refractivity contribution is 0.135. The van der Waals surface area contributed by atoms with Crippen LogP contribution in [0.25, 0.3) is 0 Å². The van der Waals surface area contributed by atoms with E-state index in [1.807, 2.05) is 0 Å². The molecule has 0 spiro atoms. The zero-order chi connectivity index (χ0) is 9.94. The lowest BCUT2D eigenvalue weighted by Gasteiger charge is -2.09. The molecule has 1 N–H and O–H groups in total. The molecule has 1 aliphatic heterocycles. The molecule has 2 nitrogen and oxygen atoms in total. The Balaban J connectivity index is 0.000000293. The highest BCUT2D eigenvalue weighted by molar-refractivity contribution is 4.56. The van der Waals surface area contributed by atoms with Crippen LogP contribution in [-0.2, 0) is 5.11 Å². The Morgan fingerprint density at radius 2 is 1.85 bits per heavy atom. The first-order valence-corrected chi connectivity index (χ1v) is 5.63. The van der Waals surface area contributed by atoms with Gasteiger partial charge in [0.2, 0.25) is 0 Å². The molecule has 0 aromatic carbocycles. The average Bonchev–Trinajstić information content (AvgIpc) is 2.04. The van der Waals surface area contributed by atoms with Gasteiger partial charge in [-0.1, -0.05) is 33.1 Å². The van der Waals surface area contributed by atoms with Crippen LogP contribution in [0.3, 0.4) is 0 Å². The third kappa shape index (κ3) is 8.26. The second-order valence-electron chi connectivity index (χ2n) is 3.69. The second-order valence-corrected chi connectivity index (χ2v) is 3.69. The Bertz CT molecular complexity index is 84.1. The standard InChI is InChI=1S/C8H17O.C3H7N/c1-3-5-6-8(4-2)7-9;1-2-4-3-1/h8H,3-7H2,1-2H3;4H,1-3H2. The lowest BCUT2D eigenvalue weighted by Crippen LogP contribution is -2.29. The topological polar surface area (TPSA) is 31.9 Å². The zero-order valence-electron chi connectivity index (χ0n) is 9.14. The van der Waals surface area contributed by atoms with Gasteiger partial charge in [0.15, 0.2) is 0 Å². The Kier molecular flexibility index (Phi) is 9.94. The van der Waals surface area contributed by atoms with Crippen LogP contribution in [0.5, 0.6) is 0 Å². The van der Waals surface area contributed by atoms with E-state index in [0.29, 0.717) is 5.92 Å². The summed E-state index contributed by atoms with van der Waals surface area (Å²) >= 11 is 0. The van der Waals surface area contributed by atoms with Crippen molar-refractivity contribution in [3.8, 4) is 0 Å². The highest BCUT2D eigenvalue weighted by Gasteiger charge is 2.02. The van der Waals surface area contributed by atoms with Gasteiger partial charge in [-0.2, -0.15) is 0 Å². The Labute approximate surface area is 82.7 Å². The summed E-state index contributed by atoms with van der Waals surface area (Å²) in [6.07, 6.45) is 6.03. The number of nitrogens with one attached hydrogen (secondary N) is 1. The summed E-state index contributed by atoms with van der Waals surface area (Å²) in [4.78, 5) is 0. The van der Waals surface area contributed by atoms with Crippen molar-refractivity contribution in [2.45, 2.75) is 46.0 Å². The van der Waals surface area contributed by atoms with Crippen LogP contribution in [0.2, 0.25) is 0 Å². The van der Waals surface area contributed by atoms with E-state index in [9.17, 15) is 5.11 Å². The van der Waals surface area contributed by atoms with Crippen molar-refractivity contribution in [1.29, 1.82) is 0 Å². The molecule has 1 atom stereocenters. The summed E-state index contributed by atoms with van der Waals surface area (Å²) < 4.78 is 0. The molecule has 0 aromatic heterocycles. The summed E-state index contributed by atoms with van der Waals surface area (Å²) in [5.41, 5.74) is 0. The first-order chi connectivity index (χ1) is 6.35. The molecule has 1 unspecified atom stereocenters. The minimum atomic E-state index is 0.122. The fourth-order valence-corrected chi connectivity index (χ4v) is 1.07. The van der Waals surface area contributed by atoms with Gasteiger partial charge in [-0.3, -0.25) is 0 Å². The molecule has 79 valence electrons. The van der Waals surface area contributed by atoms with Crippen LogP contribution in [-0.4, -0.2) is 19.7 Å². The van der Waals surface area contributed by atoms with Crippen LogP contribution in [0.1, 0.15) is 46.0 Å². The minimum absolute atomic E-state index is 0.122. The van der Waals surface area contributed by atoms with Crippen molar-refractivity contribution in [2.24, 2.45) is 5.92 Å². The van der Waals surface area contributed by atoms with Gasteiger partial charge < -0.3 is 5.32 Å². The lowest BCUT2D eigenvalue weighted by atomic mass is 10.0. The summed E-state index contributed by atoms with van der Waals surface area (Å²) in [6, 6.07) is 0. The number of unbranched alkanes of at least 4 members (excludes halogenated alkanes) is 1. The Hall–Kier alpha value is -0.0800. The average molecular weight is 186 g/mol. The molecule has 1 saturated heterocycles. The van der Waals surface area contributed by atoms with Crippen molar-refractivity contribution < 1.29 is 5.11 Å². The van der Waals surface area contributed by atoms with Crippen molar-refractivity contribution in [3.05, 3.63) is 0 Å². The predicted octanol–water partition coefficient (Wildman–Crippen LogP) is 2.61. The maximum atomic E-state index is 10.4. The van der Waals surface area contributed by atoms with E-state index in [0.717, 1.165) is 12.8 Å². The molecule has 1 rings (SSSR count). The molecule has 1 fully saturated rings. The van der Waals surface area contributed by atoms with E-state index in [1.165, 1.54) is 32.4 Å². The highest BCUT2D eigenvalue weighted by Crippen LogP contribution is 2.10. The molecule has 0 bridgehead atoms. The summed E-state index contributed by atoms with van der Waals surface area (Å²) in [5.74, 6) is 0.449. The third-order valence-corrected chi connectivity index (χ3v) is 2.49. The number of hydrogen-bond acceptors (Lipinski definition) is 1. The predicted molar refractivity (Wildman–Crippen MR) is 56.3 cm³/mol. The summed E-state index contributed by atoms with van der Waals surface area (Å²) in [7, 11) is 0. The molecule has 0 aliphatic carbocycles. The molecule has 0 saturated carbocycles. The van der Waals surface area contributed by atoms with Crippen molar-refractivity contribution in [1.82, 2.24) is 5.32 Å². The largest absolute Gasteiger partial charge is 0.317 e. The van der Waals surface area contributed by atoms with E-state index in [4.69, 9.17) is 0 Å². The van der Waals surface area contributed by atoms with Gasteiger partial charge in [-0.05, 0) is 31.8 Å². The van der Waals surface area contributed by atoms with E-state index < -0.39 is 0 Å². The van der Waals surface area contributed by atoms with E-state index in [2.05, 4.69) is 19.2 Å². The normalized spacial score (nSPS) is 16.8. The van der Waals surface area contributed by atoms with Crippen molar-refractivity contribution in [3.63, 3.8) is 0 Å². The highest BCUT2D eigenvalue weighted by atomic mass is 16.3. The van der Waals surface area contributed by atoms with Crippen LogP contribution >= 0.6 is 0 Å². The van der Waals surface area contributed by atoms with E-state index >= 15 is 0 Å². The second kappa shape index (κ2) is 10.0. The van der Waals surface area contributed by atoms with Gasteiger partial charge in [0.1, 0.15) is 0 Å². The summed E-state index contributed by atoms with van der Waals surface area (Å²) in [5, 5.41) is 13.5. The van der Waals surface area contributed by atoms with Crippen LogP contribution in [0, 0.1) is 5.92 Å². The minimum Gasteiger partial charge on any atom is -0.317 e. The molecular weight excluding hydrogens is 162 g/mol. The molecule has 1 heterocycles. The number of rotatable bonds is 5. The quantitative estimate of drug-likeness (QED) is 0.703. The van der Waals surface area contributed by atoms with Gasteiger partial charge in [0, 0.05) is 0 Å². The fraction of sp³-hybridized carbons (Fsp3) is 1.00. The van der Waals surface area contributed by atoms with Crippen LogP contribution in [0.15, 0.2) is 0 Å². The smallest absolute Gasteiger partial charge is 0.0850 e. The molecule has 2 heteroatoms. The SMILES string of the molecule is C1CNC1.CCCCC(CC)C[O]. The van der Waals surface area contributed by atoms with Gasteiger partial charge in [-0.15, -0.1) is 0 Å². The van der Waals surface area contributed by atoms with Crippen LogP contribution in [0.4, 0.5) is 0 Å². The molecular formula is C11H24NO. The van der Waals surface area contributed by atoms with Crippen LogP contribution < -0.4 is 5.32 Å². The first-order valence-electron chi connectivity index (χ1n) is 5.63. The van der Waals surface area contributed by atoms with Gasteiger partial charge in [0.05, 0.1) is 6.61 Å². The van der Waals surface area contributed by atoms with Crippen molar-refractivity contribution >= 4 is 0 Å². The maximum Gasteiger partial charge on any atom is 0.0850 e. The fourth-order valence-electron chi connectivity index (χ4n) is 1.07. The first kappa shape index (κ1) is 12.9. The van der Waals surface area contributed by atoms with Crippen molar-refractivity contribution in [2.75, 3.05) is 19.7 Å². The molecule has 0 amide bonds. The summed E-state index contributed by atoms with van der Waals surface area (Å²) in [6.45, 7) is 6.88. The molecule has 0 aromatic rings.